The lowest BCUT2D eigenvalue weighted by Gasteiger charge is -2.10. The van der Waals surface area contributed by atoms with Crippen molar-refractivity contribution in [3.05, 3.63) is 24.3 Å². The Labute approximate surface area is 113 Å². The van der Waals surface area contributed by atoms with Gasteiger partial charge in [-0.1, -0.05) is 12.2 Å². The minimum Gasteiger partial charge on any atom is -0.377 e. The van der Waals surface area contributed by atoms with Crippen molar-refractivity contribution in [2.45, 2.75) is 26.5 Å². The first-order valence-electron chi connectivity index (χ1n) is 6.17. The van der Waals surface area contributed by atoms with Gasteiger partial charge in [0.05, 0.1) is 6.61 Å². The van der Waals surface area contributed by atoms with Crippen molar-refractivity contribution in [1.82, 2.24) is 10.6 Å². The molecule has 0 aromatic rings. The second-order valence-corrected chi connectivity index (χ2v) is 3.72. The van der Waals surface area contributed by atoms with Crippen LogP contribution in [-0.2, 0) is 19.4 Å². The Balaban J connectivity index is 3.48. The van der Waals surface area contributed by atoms with Crippen LogP contribution >= 0.6 is 0 Å². The smallest absolute Gasteiger partial charge is 0.245 e. The van der Waals surface area contributed by atoms with Gasteiger partial charge in [-0.2, -0.15) is 0 Å². The summed E-state index contributed by atoms with van der Waals surface area (Å²) >= 11 is 0. The molecule has 1 atom stereocenters. The molecule has 0 saturated heterocycles. The maximum absolute atomic E-state index is 11.3. The molecule has 2 amide bonds. The van der Waals surface area contributed by atoms with Crippen LogP contribution in [0.1, 0.15) is 20.3 Å². The van der Waals surface area contributed by atoms with Gasteiger partial charge in [0, 0.05) is 13.2 Å². The number of hydrogen-bond donors (Lipinski definition) is 2. The maximum atomic E-state index is 11.3. The zero-order valence-corrected chi connectivity index (χ0v) is 11.3. The van der Waals surface area contributed by atoms with Crippen LogP contribution in [-0.4, -0.2) is 37.8 Å². The fourth-order valence-electron chi connectivity index (χ4n) is 1.19. The van der Waals surface area contributed by atoms with E-state index in [1.165, 1.54) is 12.2 Å². The number of rotatable bonds is 9. The Bertz CT molecular complexity index is 327. The lowest BCUT2D eigenvalue weighted by atomic mass is 10.4. The van der Waals surface area contributed by atoms with Crippen LogP contribution in [0.25, 0.3) is 0 Å². The summed E-state index contributed by atoms with van der Waals surface area (Å²) in [6, 6.07) is 0. The number of ether oxygens (including phenoxy) is 1. The Morgan fingerprint density at radius 1 is 1.16 bits per heavy atom. The average Bonchev–Trinajstić information content (AvgIpc) is 2.34. The van der Waals surface area contributed by atoms with E-state index in [-0.39, 0.29) is 12.5 Å². The Kier molecular flexibility index (Phi) is 10.4. The standard InChI is InChI=1S/C13H21N2O4/c1-3-6-11(16)14-8-5-9-19-10-13(18)15-12(17)7-4-2/h3-4,6-7,13H,5,8-10H2,1-2H3,(H,14,16)(H,15,17). The van der Waals surface area contributed by atoms with Gasteiger partial charge in [-0.3, -0.25) is 9.59 Å². The number of amides is 2. The molecule has 0 aliphatic carbocycles. The maximum Gasteiger partial charge on any atom is 0.245 e. The van der Waals surface area contributed by atoms with Gasteiger partial charge >= 0.3 is 0 Å². The van der Waals surface area contributed by atoms with Crippen LogP contribution in [0.4, 0.5) is 0 Å². The number of allylic oxidation sites excluding steroid dienone is 2. The molecule has 0 saturated carbocycles. The van der Waals surface area contributed by atoms with Crippen LogP contribution in [0.5, 0.6) is 0 Å². The number of hydrogen-bond acceptors (Lipinski definition) is 3. The van der Waals surface area contributed by atoms with Gasteiger partial charge in [-0.25, -0.2) is 5.11 Å². The van der Waals surface area contributed by atoms with Crippen molar-refractivity contribution in [1.29, 1.82) is 0 Å². The summed E-state index contributed by atoms with van der Waals surface area (Å²) in [5.41, 5.74) is 0. The van der Waals surface area contributed by atoms with E-state index in [4.69, 9.17) is 4.74 Å². The molecule has 6 nitrogen and oxygen atoms in total. The van der Waals surface area contributed by atoms with Gasteiger partial charge in [0.15, 0.2) is 6.23 Å². The second-order valence-electron chi connectivity index (χ2n) is 3.72. The van der Waals surface area contributed by atoms with Gasteiger partial charge in [-0.15, -0.1) is 0 Å². The topological polar surface area (TPSA) is 87.3 Å². The molecule has 0 aromatic carbocycles. The number of carbonyl (C=O) groups excluding carboxylic acids is 2. The molecule has 19 heavy (non-hydrogen) atoms. The molecule has 1 unspecified atom stereocenters. The predicted octanol–water partition coefficient (Wildman–Crippen LogP) is 0.534. The molecule has 0 fully saturated rings. The molecule has 107 valence electrons. The summed E-state index contributed by atoms with van der Waals surface area (Å²) in [6.45, 7) is 4.20. The third kappa shape index (κ3) is 11.2. The van der Waals surface area contributed by atoms with Crippen molar-refractivity contribution in [2.75, 3.05) is 19.8 Å². The minimum atomic E-state index is -1.28. The molecule has 1 radical (unpaired) electrons. The highest BCUT2D eigenvalue weighted by atomic mass is 16.5. The Hall–Kier alpha value is -1.66. The molecule has 0 aliphatic heterocycles. The monoisotopic (exact) mass is 269 g/mol. The highest BCUT2D eigenvalue weighted by Crippen LogP contribution is 1.87. The Morgan fingerprint density at radius 2 is 1.79 bits per heavy atom. The summed E-state index contributed by atoms with van der Waals surface area (Å²) in [5, 5.41) is 16.1. The highest BCUT2D eigenvalue weighted by Gasteiger charge is 2.07. The van der Waals surface area contributed by atoms with Crippen LogP contribution in [0.3, 0.4) is 0 Å². The molecule has 0 bridgehead atoms. The van der Waals surface area contributed by atoms with Gasteiger partial charge in [-0.05, 0) is 32.4 Å². The van der Waals surface area contributed by atoms with Crippen molar-refractivity contribution in [3.63, 3.8) is 0 Å². The predicted molar refractivity (Wildman–Crippen MR) is 70.7 cm³/mol. The van der Waals surface area contributed by atoms with Crippen LogP contribution < -0.4 is 10.6 Å². The quantitative estimate of drug-likeness (QED) is 0.364. The van der Waals surface area contributed by atoms with E-state index in [0.717, 1.165) is 0 Å². The molecular weight excluding hydrogens is 248 g/mol. The van der Waals surface area contributed by atoms with E-state index < -0.39 is 12.1 Å². The molecule has 0 aliphatic rings. The SMILES string of the molecule is CC=CC(=O)NCCCOCC([O])NC(=O)C=CC. The first-order valence-corrected chi connectivity index (χ1v) is 6.17. The number of carbonyl (C=O) groups is 2. The molecule has 0 spiro atoms. The zero-order chi connectivity index (χ0) is 14.5. The largest absolute Gasteiger partial charge is 0.377 e. The fraction of sp³-hybridized carbons (Fsp3) is 0.538. The molecule has 0 aromatic heterocycles. The first-order chi connectivity index (χ1) is 9.10. The van der Waals surface area contributed by atoms with Crippen molar-refractivity contribution in [3.8, 4) is 0 Å². The zero-order valence-electron chi connectivity index (χ0n) is 11.3. The molecular formula is C13H21N2O4. The summed E-state index contributed by atoms with van der Waals surface area (Å²) in [5.74, 6) is -0.576. The number of nitrogens with one attached hydrogen (secondary N) is 2. The Morgan fingerprint density at radius 3 is 2.42 bits per heavy atom. The van der Waals surface area contributed by atoms with E-state index in [0.29, 0.717) is 19.6 Å². The lowest BCUT2D eigenvalue weighted by Crippen LogP contribution is -2.36. The summed E-state index contributed by atoms with van der Waals surface area (Å²) in [7, 11) is 0. The molecule has 6 heteroatoms. The van der Waals surface area contributed by atoms with Crippen molar-refractivity contribution < 1.29 is 19.4 Å². The van der Waals surface area contributed by atoms with E-state index in [1.807, 2.05) is 0 Å². The minimum absolute atomic E-state index is 0.0912. The van der Waals surface area contributed by atoms with Crippen molar-refractivity contribution >= 4 is 11.8 Å². The molecule has 2 N–H and O–H groups in total. The lowest BCUT2D eigenvalue weighted by molar-refractivity contribution is -0.123. The van der Waals surface area contributed by atoms with Gasteiger partial charge in [0.25, 0.3) is 0 Å². The van der Waals surface area contributed by atoms with Gasteiger partial charge in [0.2, 0.25) is 11.8 Å². The van der Waals surface area contributed by atoms with Gasteiger partial charge < -0.3 is 15.4 Å². The van der Waals surface area contributed by atoms with E-state index >= 15 is 0 Å². The second kappa shape index (κ2) is 11.4. The normalized spacial score (nSPS) is 12.8. The average molecular weight is 269 g/mol. The van der Waals surface area contributed by atoms with Crippen LogP contribution in [0, 0.1) is 0 Å². The summed E-state index contributed by atoms with van der Waals surface area (Å²) < 4.78 is 5.10. The summed E-state index contributed by atoms with van der Waals surface area (Å²) in [6.07, 6.45) is 5.25. The fourth-order valence-corrected chi connectivity index (χ4v) is 1.19. The third-order valence-corrected chi connectivity index (χ3v) is 1.97. The summed E-state index contributed by atoms with van der Waals surface area (Å²) in [4.78, 5) is 22.0. The van der Waals surface area contributed by atoms with E-state index in [2.05, 4.69) is 10.6 Å². The highest BCUT2D eigenvalue weighted by molar-refractivity contribution is 5.87. The van der Waals surface area contributed by atoms with E-state index in [1.54, 1.807) is 26.0 Å². The van der Waals surface area contributed by atoms with E-state index in [9.17, 15) is 14.7 Å². The molecule has 0 heterocycles. The van der Waals surface area contributed by atoms with Gasteiger partial charge in [0.1, 0.15) is 0 Å². The molecule has 0 rings (SSSR count). The first kappa shape index (κ1) is 17.3. The third-order valence-electron chi connectivity index (χ3n) is 1.97. The van der Waals surface area contributed by atoms with Crippen LogP contribution in [0.2, 0.25) is 0 Å². The van der Waals surface area contributed by atoms with Crippen molar-refractivity contribution in [2.24, 2.45) is 0 Å². The van der Waals surface area contributed by atoms with Crippen LogP contribution in [0.15, 0.2) is 24.3 Å².